The van der Waals surface area contributed by atoms with Gasteiger partial charge >= 0.3 is 0 Å². The van der Waals surface area contributed by atoms with E-state index in [-0.39, 0.29) is 18.6 Å². The van der Waals surface area contributed by atoms with E-state index in [4.69, 9.17) is 0 Å². The second kappa shape index (κ2) is 6.67. The minimum atomic E-state index is -0.303. The van der Waals surface area contributed by atoms with Crippen LogP contribution in [0.25, 0.3) is 10.9 Å². The zero-order valence-electron chi connectivity index (χ0n) is 13.1. The van der Waals surface area contributed by atoms with E-state index in [0.29, 0.717) is 12.1 Å². The number of aliphatic hydroxyl groups is 1. The van der Waals surface area contributed by atoms with Crippen molar-refractivity contribution in [3.05, 3.63) is 71.9 Å². The molecule has 1 heterocycles. The minimum Gasteiger partial charge on any atom is -0.394 e. The van der Waals surface area contributed by atoms with Gasteiger partial charge in [-0.25, -0.2) is 0 Å². The number of nitrogens with zero attached hydrogens (tertiary/aromatic N) is 1. The fraction of sp³-hybridized carbons (Fsp3) is 0.211. The molecule has 3 rings (SSSR count). The summed E-state index contributed by atoms with van der Waals surface area (Å²) in [5.41, 5.74) is 2.70. The van der Waals surface area contributed by atoms with Gasteiger partial charge in [0.1, 0.15) is 5.69 Å². The van der Waals surface area contributed by atoms with E-state index < -0.39 is 0 Å². The normalized spacial score (nSPS) is 12.3. The first kappa shape index (κ1) is 15.3. The SMILES string of the molecule is Cn1c(C(=O)NC(CO)Cc2ccccc2)cc2ccccc21. The number of rotatable bonds is 5. The van der Waals surface area contributed by atoms with E-state index >= 15 is 0 Å². The number of aliphatic hydroxyl groups excluding tert-OH is 1. The fourth-order valence-electron chi connectivity index (χ4n) is 2.83. The average Bonchev–Trinajstić information content (AvgIpc) is 2.92. The van der Waals surface area contributed by atoms with E-state index in [1.807, 2.05) is 72.3 Å². The number of hydrogen-bond acceptors (Lipinski definition) is 2. The number of fused-ring (bicyclic) bond motifs is 1. The maximum absolute atomic E-state index is 12.6. The van der Waals surface area contributed by atoms with Crippen molar-refractivity contribution in [3.8, 4) is 0 Å². The van der Waals surface area contributed by atoms with Gasteiger partial charge in [0.05, 0.1) is 12.6 Å². The summed E-state index contributed by atoms with van der Waals surface area (Å²) in [4.78, 5) is 12.6. The summed E-state index contributed by atoms with van der Waals surface area (Å²) in [6, 6.07) is 19.3. The lowest BCUT2D eigenvalue weighted by atomic mass is 10.1. The summed E-state index contributed by atoms with van der Waals surface area (Å²) < 4.78 is 1.88. The number of carbonyl (C=O) groups excluding carboxylic acids is 1. The molecular formula is C19H20N2O2. The molecule has 0 aliphatic carbocycles. The average molecular weight is 308 g/mol. The lowest BCUT2D eigenvalue weighted by Gasteiger charge is -2.16. The molecular weight excluding hydrogens is 288 g/mol. The van der Waals surface area contributed by atoms with Crippen molar-refractivity contribution in [2.24, 2.45) is 7.05 Å². The van der Waals surface area contributed by atoms with Crippen LogP contribution in [-0.2, 0) is 13.5 Å². The Labute approximate surface area is 135 Å². The zero-order chi connectivity index (χ0) is 16.2. The summed E-state index contributed by atoms with van der Waals surface area (Å²) in [6.45, 7) is -0.0927. The predicted octanol–water partition coefficient (Wildman–Crippen LogP) is 2.51. The third kappa shape index (κ3) is 3.27. The number of benzene rings is 2. The molecule has 0 aliphatic heterocycles. The number of aryl methyl sites for hydroxylation is 1. The van der Waals surface area contributed by atoms with E-state index in [0.717, 1.165) is 16.5 Å². The third-order valence-corrected chi connectivity index (χ3v) is 4.06. The summed E-state index contributed by atoms with van der Waals surface area (Å²) in [5.74, 6) is -0.168. The van der Waals surface area contributed by atoms with E-state index in [1.165, 1.54) is 0 Å². The molecule has 0 radical (unpaired) electrons. The molecule has 1 unspecified atom stereocenters. The van der Waals surface area contributed by atoms with Crippen LogP contribution in [0.15, 0.2) is 60.7 Å². The topological polar surface area (TPSA) is 54.3 Å². The van der Waals surface area contributed by atoms with Crippen molar-refractivity contribution in [2.75, 3.05) is 6.61 Å². The Morgan fingerprint density at radius 1 is 1.13 bits per heavy atom. The monoisotopic (exact) mass is 308 g/mol. The number of aromatic nitrogens is 1. The van der Waals surface area contributed by atoms with Gasteiger partial charge in [-0.05, 0) is 24.1 Å². The van der Waals surface area contributed by atoms with E-state index in [1.54, 1.807) is 0 Å². The highest BCUT2D eigenvalue weighted by Gasteiger charge is 2.17. The zero-order valence-corrected chi connectivity index (χ0v) is 13.1. The van der Waals surface area contributed by atoms with Gasteiger partial charge < -0.3 is 15.0 Å². The lowest BCUT2D eigenvalue weighted by molar-refractivity contribution is 0.0908. The van der Waals surface area contributed by atoms with Gasteiger partial charge in [0, 0.05) is 18.0 Å². The second-order valence-electron chi connectivity index (χ2n) is 5.69. The van der Waals surface area contributed by atoms with E-state index in [2.05, 4.69) is 5.32 Å². The second-order valence-corrected chi connectivity index (χ2v) is 5.69. The van der Waals surface area contributed by atoms with Crippen molar-refractivity contribution < 1.29 is 9.90 Å². The van der Waals surface area contributed by atoms with Crippen LogP contribution in [0.1, 0.15) is 16.1 Å². The highest BCUT2D eigenvalue weighted by Crippen LogP contribution is 2.18. The van der Waals surface area contributed by atoms with Crippen LogP contribution in [0.2, 0.25) is 0 Å². The van der Waals surface area contributed by atoms with Crippen molar-refractivity contribution >= 4 is 16.8 Å². The molecule has 118 valence electrons. The first-order chi connectivity index (χ1) is 11.2. The molecule has 3 aromatic rings. The van der Waals surface area contributed by atoms with Gasteiger partial charge in [0.15, 0.2) is 0 Å². The first-order valence-electron chi connectivity index (χ1n) is 7.69. The molecule has 0 spiro atoms. The number of hydrogen-bond donors (Lipinski definition) is 2. The van der Waals surface area contributed by atoms with Gasteiger partial charge in [-0.2, -0.15) is 0 Å². The van der Waals surface area contributed by atoms with Crippen LogP contribution >= 0.6 is 0 Å². The van der Waals surface area contributed by atoms with Crippen LogP contribution in [-0.4, -0.2) is 28.2 Å². The quantitative estimate of drug-likeness (QED) is 0.761. The smallest absolute Gasteiger partial charge is 0.268 e. The van der Waals surface area contributed by atoms with Crippen LogP contribution in [0.4, 0.5) is 0 Å². The molecule has 4 nitrogen and oxygen atoms in total. The predicted molar refractivity (Wildman–Crippen MR) is 91.4 cm³/mol. The molecule has 2 N–H and O–H groups in total. The Hall–Kier alpha value is -2.59. The summed E-state index contributed by atoms with van der Waals surface area (Å²) in [7, 11) is 1.88. The first-order valence-corrected chi connectivity index (χ1v) is 7.69. The van der Waals surface area contributed by atoms with Crippen LogP contribution in [0, 0.1) is 0 Å². The highest BCUT2D eigenvalue weighted by molar-refractivity contribution is 5.98. The van der Waals surface area contributed by atoms with Gasteiger partial charge in [-0.1, -0.05) is 48.5 Å². The van der Waals surface area contributed by atoms with Crippen molar-refractivity contribution in [3.63, 3.8) is 0 Å². The minimum absolute atomic E-state index is 0.0927. The maximum Gasteiger partial charge on any atom is 0.268 e. The summed E-state index contributed by atoms with van der Waals surface area (Å²) in [6.07, 6.45) is 0.604. The Kier molecular flexibility index (Phi) is 4.44. The highest BCUT2D eigenvalue weighted by atomic mass is 16.3. The molecule has 4 heteroatoms. The molecule has 0 saturated carbocycles. The van der Waals surface area contributed by atoms with Crippen molar-refractivity contribution in [1.29, 1.82) is 0 Å². The number of carbonyl (C=O) groups is 1. The Morgan fingerprint density at radius 3 is 2.52 bits per heavy atom. The molecule has 1 atom stereocenters. The number of para-hydroxylation sites is 1. The fourth-order valence-corrected chi connectivity index (χ4v) is 2.83. The van der Waals surface area contributed by atoms with Crippen molar-refractivity contribution in [1.82, 2.24) is 9.88 Å². The molecule has 2 aromatic carbocycles. The number of nitrogens with one attached hydrogen (secondary N) is 1. The molecule has 1 amide bonds. The maximum atomic E-state index is 12.6. The van der Waals surface area contributed by atoms with Crippen molar-refractivity contribution in [2.45, 2.75) is 12.5 Å². The van der Waals surface area contributed by atoms with E-state index in [9.17, 15) is 9.90 Å². The molecule has 1 aromatic heterocycles. The van der Waals surface area contributed by atoms with Crippen LogP contribution < -0.4 is 5.32 Å². The van der Waals surface area contributed by atoms with Crippen LogP contribution in [0.3, 0.4) is 0 Å². The number of amides is 1. The Bertz CT molecular complexity index is 809. The molecule has 23 heavy (non-hydrogen) atoms. The Balaban J connectivity index is 1.77. The summed E-state index contributed by atoms with van der Waals surface area (Å²) in [5, 5.41) is 13.5. The lowest BCUT2D eigenvalue weighted by Crippen LogP contribution is -2.39. The van der Waals surface area contributed by atoms with Gasteiger partial charge in [-0.3, -0.25) is 4.79 Å². The molecule has 0 aliphatic rings. The van der Waals surface area contributed by atoms with Gasteiger partial charge in [0.2, 0.25) is 0 Å². The standard InChI is InChI=1S/C19H20N2O2/c1-21-17-10-6-5-9-15(17)12-18(21)19(23)20-16(13-22)11-14-7-3-2-4-8-14/h2-10,12,16,22H,11,13H2,1H3,(H,20,23). The molecule has 0 fully saturated rings. The molecule has 0 saturated heterocycles. The summed E-state index contributed by atoms with van der Waals surface area (Å²) >= 11 is 0. The van der Waals surface area contributed by atoms with Crippen LogP contribution in [0.5, 0.6) is 0 Å². The Morgan fingerprint density at radius 2 is 1.83 bits per heavy atom. The largest absolute Gasteiger partial charge is 0.394 e. The third-order valence-electron chi connectivity index (χ3n) is 4.06. The molecule has 0 bridgehead atoms. The van der Waals surface area contributed by atoms with Gasteiger partial charge in [-0.15, -0.1) is 0 Å². The van der Waals surface area contributed by atoms with Gasteiger partial charge in [0.25, 0.3) is 5.91 Å².